The molecule has 10 nitrogen and oxygen atoms in total. The second-order valence-corrected chi connectivity index (χ2v) is 8.49. The third kappa shape index (κ3) is 8.09. The molecule has 2 aromatic carbocycles. The molecule has 0 bridgehead atoms. The number of aliphatic carboxylic acids is 1. The van der Waals surface area contributed by atoms with Gasteiger partial charge in [-0.2, -0.15) is 15.0 Å². The van der Waals surface area contributed by atoms with Gasteiger partial charge in [-0.3, -0.25) is 4.79 Å². The molecule has 0 aliphatic rings. The molecule has 1 unspecified atom stereocenters. The molecule has 0 saturated carbocycles. The summed E-state index contributed by atoms with van der Waals surface area (Å²) >= 11 is 0. The minimum atomic E-state index is -0.773. The number of nitrogens with one attached hydrogen (secondary N) is 2. The first-order chi connectivity index (χ1) is 17.4. The summed E-state index contributed by atoms with van der Waals surface area (Å²) < 4.78 is 5.81. The third-order valence-corrected chi connectivity index (χ3v) is 5.61. The molecule has 3 rings (SSSR count). The normalized spacial score (nSPS) is 11.6. The Bertz CT molecular complexity index is 1110. The van der Waals surface area contributed by atoms with Gasteiger partial charge in [-0.15, -0.1) is 0 Å². The van der Waals surface area contributed by atoms with Crippen LogP contribution in [0.2, 0.25) is 0 Å². The van der Waals surface area contributed by atoms with E-state index in [-0.39, 0.29) is 12.5 Å². The molecule has 0 fully saturated rings. The van der Waals surface area contributed by atoms with Crippen LogP contribution in [-0.4, -0.2) is 64.5 Å². The summed E-state index contributed by atoms with van der Waals surface area (Å²) in [5, 5.41) is 24.9. The van der Waals surface area contributed by atoms with E-state index in [4.69, 9.17) is 4.74 Å². The minimum Gasteiger partial charge on any atom is -0.492 e. The topological polar surface area (TPSA) is 133 Å². The molecule has 10 heteroatoms. The lowest BCUT2D eigenvalue weighted by atomic mass is 9.97. The first-order valence-corrected chi connectivity index (χ1v) is 12.0. The number of aliphatic hydroxyl groups excluding tert-OH is 1. The largest absolute Gasteiger partial charge is 0.492 e. The van der Waals surface area contributed by atoms with Crippen LogP contribution in [0.1, 0.15) is 24.5 Å². The third-order valence-electron chi connectivity index (χ3n) is 5.61. The molecule has 0 amide bonds. The Hall–Kier alpha value is -3.92. The van der Waals surface area contributed by atoms with E-state index in [0.29, 0.717) is 56.1 Å². The Labute approximate surface area is 211 Å². The molecular weight excluding hydrogens is 460 g/mol. The highest BCUT2D eigenvalue weighted by Crippen LogP contribution is 2.19. The van der Waals surface area contributed by atoms with Crippen LogP contribution in [0.25, 0.3) is 0 Å². The fraction of sp³-hybridized carbons (Fsp3) is 0.385. The van der Waals surface area contributed by atoms with Crippen molar-refractivity contribution in [2.75, 3.05) is 48.9 Å². The van der Waals surface area contributed by atoms with Crippen molar-refractivity contribution in [1.29, 1.82) is 0 Å². The van der Waals surface area contributed by atoms with Crippen LogP contribution >= 0.6 is 0 Å². The number of carbonyl (C=O) groups is 1. The monoisotopic (exact) mass is 494 g/mol. The van der Waals surface area contributed by atoms with Gasteiger partial charge in [0.2, 0.25) is 17.8 Å². The SMILES string of the molecule is CCC(Cc1ccc(OCCNc2nc(Nc3ccc(C)cc3)nc(N(C)CCO)n2)cc1)C(=O)O. The van der Waals surface area contributed by atoms with Gasteiger partial charge in [0.1, 0.15) is 12.4 Å². The van der Waals surface area contributed by atoms with E-state index in [1.54, 1.807) is 11.9 Å². The average Bonchev–Trinajstić information content (AvgIpc) is 2.87. The summed E-state index contributed by atoms with van der Waals surface area (Å²) in [6, 6.07) is 15.4. The van der Waals surface area contributed by atoms with Crippen LogP contribution < -0.4 is 20.3 Å². The first-order valence-electron chi connectivity index (χ1n) is 12.0. The second-order valence-electron chi connectivity index (χ2n) is 8.49. The zero-order valence-electron chi connectivity index (χ0n) is 20.9. The van der Waals surface area contributed by atoms with Crippen LogP contribution in [0.3, 0.4) is 0 Å². The van der Waals surface area contributed by atoms with Crippen molar-refractivity contribution in [1.82, 2.24) is 15.0 Å². The first kappa shape index (κ1) is 26.7. The lowest BCUT2D eigenvalue weighted by molar-refractivity contribution is -0.141. The molecule has 1 aromatic heterocycles. The van der Waals surface area contributed by atoms with E-state index in [0.717, 1.165) is 16.8 Å². The number of hydrogen-bond donors (Lipinski definition) is 4. The van der Waals surface area contributed by atoms with E-state index in [1.807, 2.05) is 62.4 Å². The molecule has 1 atom stereocenters. The second kappa shape index (κ2) is 13.2. The van der Waals surface area contributed by atoms with E-state index in [2.05, 4.69) is 25.6 Å². The lowest BCUT2D eigenvalue weighted by Gasteiger charge is -2.17. The van der Waals surface area contributed by atoms with Crippen molar-refractivity contribution in [3.63, 3.8) is 0 Å². The Morgan fingerprint density at radius 3 is 2.39 bits per heavy atom. The maximum absolute atomic E-state index is 11.2. The van der Waals surface area contributed by atoms with Gasteiger partial charge in [0.05, 0.1) is 19.1 Å². The highest BCUT2D eigenvalue weighted by molar-refractivity contribution is 5.70. The predicted molar refractivity (Wildman–Crippen MR) is 140 cm³/mol. The highest BCUT2D eigenvalue weighted by atomic mass is 16.5. The molecular formula is C26H34N6O4. The number of benzene rings is 2. The molecule has 4 N–H and O–H groups in total. The number of aryl methyl sites for hydroxylation is 1. The van der Waals surface area contributed by atoms with Crippen LogP contribution in [0.4, 0.5) is 23.5 Å². The number of aliphatic hydroxyl groups is 1. The van der Waals surface area contributed by atoms with Crippen molar-refractivity contribution >= 4 is 29.5 Å². The lowest BCUT2D eigenvalue weighted by Crippen LogP contribution is -2.25. The predicted octanol–water partition coefficient (Wildman–Crippen LogP) is 3.50. The molecule has 0 aliphatic heterocycles. The number of anilines is 4. The molecule has 3 aromatic rings. The fourth-order valence-corrected chi connectivity index (χ4v) is 3.43. The van der Waals surface area contributed by atoms with Crippen molar-refractivity contribution in [2.24, 2.45) is 5.92 Å². The summed E-state index contributed by atoms with van der Waals surface area (Å²) in [5.74, 6) is 0.749. The number of carboxylic acids is 1. The van der Waals surface area contributed by atoms with Gasteiger partial charge in [0, 0.05) is 19.3 Å². The zero-order valence-corrected chi connectivity index (χ0v) is 20.9. The van der Waals surface area contributed by atoms with Gasteiger partial charge in [-0.25, -0.2) is 0 Å². The molecule has 0 radical (unpaired) electrons. The standard InChI is InChI=1S/C26H34N6O4/c1-4-20(23(34)35)17-19-7-11-22(12-8-19)36-16-13-27-24-29-25(28-21-9-5-18(2)6-10-21)31-26(30-24)32(3)14-15-33/h5-12,20,33H,4,13-17H2,1-3H3,(H,34,35)(H2,27,28,29,30,31). The summed E-state index contributed by atoms with van der Waals surface area (Å²) in [6.07, 6.45) is 1.09. The van der Waals surface area contributed by atoms with Gasteiger partial charge in [0.25, 0.3) is 0 Å². The minimum absolute atomic E-state index is 0.0201. The maximum Gasteiger partial charge on any atom is 0.306 e. The van der Waals surface area contributed by atoms with Gasteiger partial charge in [0.15, 0.2) is 0 Å². The number of carboxylic acid groups (broad SMARTS) is 1. The van der Waals surface area contributed by atoms with E-state index in [1.165, 1.54) is 0 Å². The van der Waals surface area contributed by atoms with E-state index in [9.17, 15) is 15.0 Å². The highest BCUT2D eigenvalue weighted by Gasteiger charge is 2.15. The molecule has 36 heavy (non-hydrogen) atoms. The van der Waals surface area contributed by atoms with E-state index < -0.39 is 5.97 Å². The summed E-state index contributed by atoms with van der Waals surface area (Å²) in [7, 11) is 1.80. The van der Waals surface area contributed by atoms with Gasteiger partial charge in [-0.1, -0.05) is 36.8 Å². The number of rotatable bonds is 14. The van der Waals surface area contributed by atoms with Crippen LogP contribution in [0.5, 0.6) is 5.75 Å². The number of ether oxygens (including phenoxy) is 1. The smallest absolute Gasteiger partial charge is 0.306 e. The maximum atomic E-state index is 11.2. The van der Waals surface area contributed by atoms with Gasteiger partial charge in [-0.05, 0) is 49.6 Å². The Morgan fingerprint density at radius 2 is 1.75 bits per heavy atom. The van der Waals surface area contributed by atoms with Crippen LogP contribution in [0, 0.1) is 12.8 Å². The number of hydrogen-bond acceptors (Lipinski definition) is 9. The van der Waals surface area contributed by atoms with E-state index >= 15 is 0 Å². The number of likely N-dealkylation sites (N-methyl/N-ethyl adjacent to an activating group) is 1. The summed E-state index contributed by atoms with van der Waals surface area (Å²) in [6.45, 7) is 5.10. The average molecular weight is 495 g/mol. The molecule has 1 heterocycles. The molecule has 0 spiro atoms. The van der Waals surface area contributed by atoms with Crippen molar-refractivity contribution < 1.29 is 19.7 Å². The molecule has 192 valence electrons. The summed E-state index contributed by atoms with van der Waals surface area (Å²) in [5.41, 5.74) is 2.98. The quantitative estimate of drug-likeness (QED) is 0.247. The van der Waals surface area contributed by atoms with Gasteiger partial charge >= 0.3 is 5.97 Å². The Morgan fingerprint density at radius 1 is 1.06 bits per heavy atom. The van der Waals surface area contributed by atoms with Crippen LogP contribution in [0.15, 0.2) is 48.5 Å². The zero-order chi connectivity index (χ0) is 25.9. The van der Waals surface area contributed by atoms with Crippen molar-refractivity contribution in [3.05, 3.63) is 59.7 Å². The fourth-order valence-electron chi connectivity index (χ4n) is 3.43. The van der Waals surface area contributed by atoms with Crippen LogP contribution in [-0.2, 0) is 11.2 Å². The number of aromatic nitrogens is 3. The van der Waals surface area contributed by atoms with Crippen molar-refractivity contribution in [3.8, 4) is 5.75 Å². The summed E-state index contributed by atoms with van der Waals surface area (Å²) in [4.78, 5) is 26.4. The Kier molecular flexibility index (Phi) is 9.82. The number of nitrogens with zero attached hydrogens (tertiary/aromatic N) is 4. The Balaban J connectivity index is 1.59. The molecule has 0 aliphatic carbocycles. The van der Waals surface area contributed by atoms with Gasteiger partial charge < -0.3 is 30.5 Å². The molecule has 0 saturated heterocycles. The van der Waals surface area contributed by atoms with Crippen molar-refractivity contribution in [2.45, 2.75) is 26.7 Å².